The van der Waals surface area contributed by atoms with Crippen LogP contribution in [0, 0.1) is 5.92 Å². The first-order valence-electron chi connectivity index (χ1n) is 7.17. The maximum Gasteiger partial charge on any atom is 0.246 e. The standard InChI is InChI=1S/C16H20N2O2/c17-16(19)14-9-13-3-1-2-4-15(13)18(11-14)10-12-5-7-20-8-6-12/h1-4,11-12H,5-10H2,(H2,17,19). The molecule has 1 saturated heterocycles. The summed E-state index contributed by atoms with van der Waals surface area (Å²) in [6.07, 6.45) is 4.73. The molecule has 1 aromatic rings. The smallest absolute Gasteiger partial charge is 0.246 e. The summed E-state index contributed by atoms with van der Waals surface area (Å²) in [5.74, 6) is 0.289. The van der Waals surface area contributed by atoms with Crippen molar-refractivity contribution in [3.05, 3.63) is 41.6 Å². The van der Waals surface area contributed by atoms with E-state index in [1.807, 2.05) is 18.3 Å². The molecule has 3 rings (SSSR count). The van der Waals surface area contributed by atoms with E-state index in [1.54, 1.807) is 0 Å². The van der Waals surface area contributed by atoms with E-state index in [0.29, 0.717) is 17.9 Å². The first-order valence-corrected chi connectivity index (χ1v) is 7.17. The van der Waals surface area contributed by atoms with Crippen molar-refractivity contribution in [2.24, 2.45) is 11.7 Å². The summed E-state index contributed by atoms with van der Waals surface area (Å²) in [5, 5.41) is 0. The van der Waals surface area contributed by atoms with Gasteiger partial charge in [0.05, 0.1) is 0 Å². The number of hydrogen-bond donors (Lipinski definition) is 1. The SMILES string of the molecule is NC(=O)C1=CN(CC2CCOCC2)c2ccccc2C1. The number of para-hydroxylation sites is 1. The molecule has 1 fully saturated rings. The summed E-state index contributed by atoms with van der Waals surface area (Å²) in [7, 11) is 0. The van der Waals surface area contributed by atoms with Gasteiger partial charge in [0.15, 0.2) is 0 Å². The lowest BCUT2D eigenvalue weighted by molar-refractivity contribution is -0.114. The Morgan fingerprint density at radius 2 is 2.05 bits per heavy atom. The summed E-state index contributed by atoms with van der Waals surface area (Å²) >= 11 is 0. The summed E-state index contributed by atoms with van der Waals surface area (Å²) in [5.41, 5.74) is 8.53. The number of hydrogen-bond acceptors (Lipinski definition) is 3. The number of carbonyl (C=O) groups excluding carboxylic acids is 1. The zero-order valence-corrected chi connectivity index (χ0v) is 11.5. The highest BCUT2D eigenvalue weighted by Gasteiger charge is 2.23. The molecule has 0 radical (unpaired) electrons. The highest BCUT2D eigenvalue weighted by Crippen LogP contribution is 2.30. The van der Waals surface area contributed by atoms with Crippen molar-refractivity contribution in [3.63, 3.8) is 0 Å². The Morgan fingerprint density at radius 1 is 1.30 bits per heavy atom. The lowest BCUT2D eigenvalue weighted by Crippen LogP contribution is -2.33. The first kappa shape index (κ1) is 13.2. The van der Waals surface area contributed by atoms with Crippen molar-refractivity contribution in [1.82, 2.24) is 0 Å². The Kier molecular flexibility index (Phi) is 3.74. The minimum atomic E-state index is -0.323. The summed E-state index contributed by atoms with van der Waals surface area (Å²) in [4.78, 5) is 13.7. The fraction of sp³-hybridized carbons (Fsp3) is 0.438. The van der Waals surface area contributed by atoms with Crippen LogP contribution < -0.4 is 10.6 Å². The van der Waals surface area contributed by atoms with E-state index in [9.17, 15) is 4.79 Å². The van der Waals surface area contributed by atoms with Crippen LogP contribution in [0.4, 0.5) is 5.69 Å². The molecular weight excluding hydrogens is 252 g/mol. The largest absolute Gasteiger partial charge is 0.381 e. The van der Waals surface area contributed by atoms with Crippen LogP contribution in [-0.4, -0.2) is 25.7 Å². The van der Waals surface area contributed by atoms with E-state index < -0.39 is 0 Å². The Balaban J connectivity index is 1.84. The van der Waals surface area contributed by atoms with Gasteiger partial charge in [-0.25, -0.2) is 0 Å². The Bertz CT molecular complexity index is 533. The number of ether oxygens (including phenoxy) is 1. The monoisotopic (exact) mass is 272 g/mol. The summed E-state index contributed by atoms with van der Waals surface area (Å²) < 4.78 is 5.41. The van der Waals surface area contributed by atoms with E-state index in [-0.39, 0.29) is 5.91 Å². The summed E-state index contributed by atoms with van der Waals surface area (Å²) in [6, 6.07) is 8.24. The van der Waals surface area contributed by atoms with Gasteiger partial charge in [-0.1, -0.05) is 18.2 Å². The zero-order chi connectivity index (χ0) is 13.9. The number of nitrogens with two attached hydrogens (primary N) is 1. The predicted molar refractivity (Wildman–Crippen MR) is 78.3 cm³/mol. The minimum Gasteiger partial charge on any atom is -0.381 e. The van der Waals surface area contributed by atoms with Crippen LogP contribution in [0.1, 0.15) is 18.4 Å². The van der Waals surface area contributed by atoms with Crippen molar-refractivity contribution in [3.8, 4) is 0 Å². The van der Waals surface area contributed by atoms with E-state index in [0.717, 1.165) is 32.6 Å². The second-order valence-electron chi connectivity index (χ2n) is 5.53. The van der Waals surface area contributed by atoms with Gasteiger partial charge in [-0.3, -0.25) is 4.79 Å². The van der Waals surface area contributed by atoms with Gasteiger partial charge in [-0.15, -0.1) is 0 Å². The number of primary amides is 1. The molecule has 2 aliphatic rings. The highest BCUT2D eigenvalue weighted by molar-refractivity contribution is 5.94. The number of benzene rings is 1. The molecule has 1 aromatic carbocycles. The average Bonchev–Trinajstić information content (AvgIpc) is 2.48. The molecule has 0 aromatic heterocycles. The molecule has 0 bridgehead atoms. The zero-order valence-electron chi connectivity index (χ0n) is 11.5. The first-order chi connectivity index (χ1) is 9.74. The number of carbonyl (C=O) groups is 1. The molecular formula is C16H20N2O2. The van der Waals surface area contributed by atoms with Crippen molar-refractivity contribution in [2.45, 2.75) is 19.3 Å². The van der Waals surface area contributed by atoms with Gasteiger partial charge in [0.1, 0.15) is 0 Å². The quantitative estimate of drug-likeness (QED) is 0.913. The number of rotatable bonds is 3. The third-order valence-electron chi connectivity index (χ3n) is 4.11. The van der Waals surface area contributed by atoms with E-state index >= 15 is 0 Å². The second-order valence-corrected chi connectivity index (χ2v) is 5.53. The van der Waals surface area contributed by atoms with E-state index in [1.165, 1.54) is 11.3 Å². The van der Waals surface area contributed by atoms with E-state index in [4.69, 9.17) is 10.5 Å². The molecule has 0 unspecified atom stereocenters. The van der Waals surface area contributed by atoms with Crippen LogP contribution in [0.5, 0.6) is 0 Å². The van der Waals surface area contributed by atoms with Gasteiger partial charge in [0.25, 0.3) is 0 Å². The number of amides is 1. The normalized spacial score (nSPS) is 19.4. The van der Waals surface area contributed by atoms with Crippen molar-refractivity contribution >= 4 is 11.6 Å². The second kappa shape index (κ2) is 5.67. The molecule has 0 saturated carbocycles. The fourth-order valence-corrected chi connectivity index (χ4v) is 2.96. The average molecular weight is 272 g/mol. The maximum absolute atomic E-state index is 11.5. The van der Waals surface area contributed by atoms with Crippen LogP contribution in [0.25, 0.3) is 0 Å². The number of anilines is 1. The van der Waals surface area contributed by atoms with Gasteiger partial charge in [-0.05, 0) is 30.4 Å². The molecule has 1 amide bonds. The molecule has 0 aliphatic carbocycles. The molecule has 2 heterocycles. The summed E-state index contributed by atoms with van der Waals surface area (Å²) in [6.45, 7) is 2.61. The Morgan fingerprint density at radius 3 is 2.80 bits per heavy atom. The lowest BCUT2D eigenvalue weighted by Gasteiger charge is -2.33. The fourth-order valence-electron chi connectivity index (χ4n) is 2.96. The third-order valence-corrected chi connectivity index (χ3v) is 4.11. The molecule has 2 N–H and O–H groups in total. The predicted octanol–water partition coefficient (Wildman–Crippen LogP) is 1.84. The van der Waals surface area contributed by atoms with Crippen LogP contribution in [0.15, 0.2) is 36.0 Å². The van der Waals surface area contributed by atoms with Crippen LogP contribution >= 0.6 is 0 Å². The van der Waals surface area contributed by atoms with Gasteiger partial charge in [0.2, 0.25) is 5.91 Å². The van der Waals surface area contributed by atoms with Crippen molar-refractivity contribution < 1.29 is 9.53 Å². The highest BCUT2D eigenvalue weighted by atomic mass is 16.5. The molecule has 20 heavy (non-hydrogen) atoms. The van der Waals surface area contributed by atoms with Crippen LogP contribution in [0.3, 0.4) is 0 Å². The third kappa shape index (κ3) is 2.70. The van der Waals surface area contributed by atoms with E-state index in [2.05, 4.69) is 17.0 Å². The molecule has 106 valence electrons. The molecule has 0 spiro atoms. The maximum atomic E-state index is 11.5. The Labute approximate surface area is 119 Å². The number of fused-ring (bicyclic) bond motifs is 1. The number of nitrogens with zero attached hydrogens (tertiary/aromatic N) is 1. The van der Waals surface area contributed by atoms with Crippen LogP contribution in [0.2, 0.25) is 0 Å². The minimum absolute atomic E-state index is 0.323. The van der Waals surface area contributed by atoms with Gasteiger partial charge >= 0.3 is 0 Å². The van der Waals surface area contributed by atoms with Gasteiger partial charge < -0.3 is 15.4 Å². The van der Waals surface area contributed by atoms with Crippen molar-refractivity contribution in [2.75, 3.05) is 24.7 Å². The van der Waals surface area contributed by atoms with Crippen molar-refractivity contribution in [1.29, 1.82) is 0 Å². The van der Waals surface area contributed by atoms with Crippen LogP contribution in [-0.2, 0) is 16.0 Å². The lowest BCUT2D eigenvalue weighted by atomic mass is 9.95. The molecule has 4 nitrogen and oxygen atoms in total. The molecule has 4 heteroatoms. The Hall–Kier alpha value is -1.81. The topological polar surface area (TPSA) is 55.6 Å². The molecule has 2 aliphatic heterocycles. The van der Waals surface area contributed by atoms with Gasteiger partial charge in [-0.2, -0.15) is 0 Å². The van der Waals surface area contributed by atoms with Gasteiger partial charge in [0, 0.05) is 43.6 Å². The molecule has 0 atom stereocenters.